The summed E-state index contributed by atoms with van der Waals surface area (Å²) in [6.07, 6.45) is -0.865. The van der Waals surface area contributed by atoms with Gasteiger partial charge < -0.3 is 73.5 Å². The van der Waals surface area contributed by atoms with Gasteiger partial charge in [-0.25, -0.2) is 4.79 Å². The van der Waals surface area contributed by atoms with Gasteiger partial charge in [-0.15, -0.1) is 0 Å². The normalized spacial score (nSPS) is 12.3. The second kappa shape index (κ2) is 38.8. The minimum atomic E-state index is -1.00. The molecule has 0 aliphatic carbocycles. The van der Waals surface area contributed by atoms with Crippen LogP contribution in [0.25, 0.3) is 0 Å². The first-order valence-electron chi connectivity index (χ1n) is 27.7. The van der Waals surface area contributed by atoms with Crippen molar-refractivity contribution in [2.45, 2.75) is 65.3 Å². The summed E-state index contributed by atoms with van der Waals surface area (Å²) >= 11 is 0. The summed E-state index contributed by atoms with van der Waals surface area (Å²) in [5.41, 5.74) is 4.20. The molecule has 84 heavy (non-hydrogen) atoms. The van der Waals surface area contributed by atoms with E-state index in [1.54, 1.807) is 43.0 Å². The van der Waals surface area contributed by atoms with Gasteiger partial charge >= 0.3 is 6.16 Å². The summed E-state index contributed by atoms with van der Waals surface area (Å²) in [4.78, 5) is 88.5. The van der Waals surface area contributed by atoms with Gasteiger partial charge in [-0.05, 0) is 66.4 Å². The lowest BCUT2D eigenvalue weighted by Gasteiger charge is -2.26. The Kier molecular flexibility index (Phi) is 30.9. The Labute approximate surface area is 488 Å². The van der Waals surface area contributed by atoms with Gasteiger partial charge in [-0.3, -0.25) is 34.1 Å². The number of benzene rings is 4. The van der Waals surface area contributed by atoms with Crippen LogP contribution < -0.4 is 30.9 Å². The number of fused-ring (bicyclic) bond motifs is 2. The molecule has 1 aliphatic rings. The highest BCUT2D eigenvalue weighted by molar-refractivity contribution is 5.98. The van der Waals surface area contributed by atoms with E-state index in [0.717, 1.165) is 22.4 Å². The molecule has 0 fully saturated rings. The van der Waals surface area contributed by atoms with E-state index >= 15 is 0 Å². The van der Waals surface area contributed by atoms with Crippen molar-refractivity contribution in [3.8, 4) is 17.6 Å². The van der Waals surface area contributed by atoms with E-state index in [0.29, 0.717) is 117 Å². The Morgan fingerprint density at radius 2 is 1.10 bits per heavy atom. The molecule has 0 saturated carbocycles. The maximum atomic E-state index is 13.3. The molecule has 0 radical (unpaired) electrons. The highest BCUT2D eigenvalue weighted by Crippen LogP contribution is 2.26. The summed E-state index contributed by atoms with van der Waals surface area (Å²) in [6, 6.07) is 24.8. The number of nitro benzene ring substituents is 1. The number of carbonyl (C=O) groups is 6. The lowest BCUT2D eigenvalue weighted by atomic mass is 10.0. The minimum absolute atomic E-state index is 0.0107. The van der Waals surface area contributed by atoms with Crippen molar-refractivity contribution in [3.63, 3.8) is 0 Å². The van der Waals surface area contributed by atoms with Gasteiger partial charge in [0.15, 0.2) is 0 Å². The molecule has 454 valence electrons. The highest BCUT2D eigenvalue weighted by Gasteiger charge is 2.27. The van der Waals surface area contributed by atoms with E-state index < -0.39 is 40.9 Å². The molecule has 4 N–H and O–H groups in total. The van der Waals surface area contributed by atoms with E-state index in [1.165, 1.54) is 31.2 Å². The van der Waals surface area contributed by atoms with Gasteiger partial charge in [0, 0.05) is 54.8 Å². The zero-order chi connectivity index (χ0) is 60.2. The minimum Gasteiger partial charge on any atom is -0.429 e. The average Bonchev–Trinajstić information content (AvgIpc) is 2.94. The molecule has 4 aromatic rings. The summed E-state index contributed by atoms with van der Waals surface area (Å²) in [7, 11) is 0. The highest BCUT2D eigenvalue weighted by atomic mass is 16.7. The number of anilines is 2. The standard InChI is InChI=1S/C60H76N6O18/c1-44(2)57(59(71)62-45(3)58(70)63-50-16-12-46(13-17-50)43-83-60(72)84-52-20-18-51(19-21-52)66(73)74)64-55(68)24-26-75-28-30-77-32-34-79-36-38-81-40-41-82-39-37-80-35-33-78-31-29-76-27-25-61-54(67)22-23-56(69)65-42-49-10-5-4-8-47(49)14-15-48-9-6-7-11-53(48)65/h4-13,16-21,44-45,57H,22-43H2,1-3H3,(H,61,67)(H,62,71)(H,63,70)(H,64,68)/t45-,57-/m1/s1. The average molecular weight is 1170 g/mol. The van der Waals surface area contributed by atoms with Crippen molar-refractivity contribution >= 4 is 52.8 Å². The summed E-state index contributed by atoms with van der Waals surface area (Å²) in [5, 5.41) is 21.7. The third-order valence-electron chi connectivity index (χ3n) is 12.2. The van der Waals surface area contributed by atoms with Crippen LogP contribution in [-0.4, -0.2) is 165 Å². The van der Waals surface area contributed by atoms with Gasteiger partial charge in [0.05, 0.1) is 123 Å². The third kappa shape index (κ3) is 26.2. The quantitative estimate of drug-likeness (QED) is 0.0110. The zero-order valence-corrected chi connectivity index (χ0v) is 47.8. The molecule has 2 atom stereocenters. The molecule has 1 heterocycles. The van der Waals surface area contributed by atoms with Crippen molar-refractivity contribution in [2.24, 2.45) is 5.92 Å². The first kappa shape index (κ1) is 66.9. The summed E-state index contributed by atoms with van der Waals surface area (Å²) in [5.74, 6) is 4.40. The smallest absolute Gasteiger partial charge is 0.429 e. The van der Waals surface area contributed by atoms with Gasteiger partial charge in [-0.1, -0.05) is 68.2 Å². The maximum absolute atomic E-state index is 13.3. The van der Waals surface area contributed by atoms with Crippen molar-refractivity contribution in [1.82, 2.24) is 16.0 Å². The van der Waals surface area contributed by atoms with Crippen LogP contribution in [0.4, 0.5) is 21.9 Å². The summed E-state index contributed by atoms with van der Waals surface area (Å²) < 4.78 is 54.3. The molecule has 24 nitrogen and oxygen atoms in total. The van der Waals surface area contributed by atoms with E-state index in [-0.39, 0.29) is 68.3 Å². The number of para-hydroxylation sites is 1. The topological polar surface area (TPSA) is 289 Å². The number of carbonyl (C=O) groups excluding carboxylic acids is 6. The lowest BCUT2D eigenvalue weighted by molar-refractivity contribution is -0.384. The third-order valence-corrected chi connectivity index (χ3v) is 12.2. The van der Waals surface area contributed by atoms with Gasteiger partial charge in [0.25, 0.3) is 5.69 Å². The van der Waals surface area contributed by atoms with Crippen molar-refractivity contribution in [1.29, 1.82) is 0 Å². The van der Waals surface area contributed by atoms with Crippen LogP contribution in [0.15, 0.2) is 97.1 Å². The Hall–Kier alpha value is -7.86. The van der Waals surface area contributed by atoms with E-state index in [1.807, 2.05) is 48.5 Å². The lowest BCUT2D eigenvalue weighted by Crippen LogP contribution is -2.53. The second-order valence-corrected chi connectivity index (χ2v) is 19.0. The number of ether oxygens (including phenoxy) is 10. The Morgan fingerprint density at radius 3 is 1.67 bits per heavy atom. The van der Waals surface area contributed by atoms with Crippen LogP contribution >= 0.6 is 0 Å². The molecule has 5 amide bonds. The molecular formula is C60H76N6O18. The Morgan fingerprint density at radius 1 is 0.571 bits per heavy atom. The number of nitrogens with zero attached hydrogens (tertiary/aromatic N) is 2. The molecule has 24 heteroatoms. The number of hydrogen-bond acceptors (Lipinski definition) is 18. The predicted octanol–water partition coefficient (Wildman–Crippen LogP) is 5.26. The van der Waals surface area contributed by atoms with Crippen molar-refractivity contribution in [2.75, 3.05) is 122 Å². The fourth-order valence-corrected chi connectivity index (χ4v) is 7.71. The number of nitro groups is 1. The molecule has 5 rings (SSSR count). The van der Waals surface area contributed by atoms with Crippen molar-refractivity contribution in [3.05, 3.63) is 129 Å². The van der Waals surface area contributed by atoms with E-state index in [9.17, 15) is 38.9 Å². The largest absolute Gasteiger partial charge is 0.514 e. The first-order valence-corrected chi connectivity index (χ1v) is 27.7. The second-order valence-electron chi connectivity index (χ2n) is 19.0. The van der Waals surface area contributed by atoms with Gasteiger partial charge in [0.2, 0.25) is 29.5 Å². The van der Waals surface area contributed by atoms with Crippen molar-refractivity contribution < 1.29 is 81.1 Å². The number of rotatable bonds is 40. The van der Waals surface area contributed by atoms with E-state index in [2.05, 4.69) is 33.1 Å². The maximum Gasteiger partial charge on any atom is 0.514 e. The molecular weight excluding hydrogens is 1090 g/mol. The SMILES string of the molecule is CC(C)[C@@H](NC(=O)CCOCCOCCOCCOCCOCCOCCOCCOCCNC(=O)CCC(=O)N1Cc2ccccc2C#Cc2ccccc21)C(=O)N[C@H](C)C(=O)Nc1ccc(COC(=O)Oc2ccc([N+](=O)[O-])cc2)cc1. The molecule has 1 aliphatic heterocycles. The molecule has 0 bridgehead atoms. The molecule has 4 aromatic carbocycles. The monoisotopic (exact) mass is 1170 g/mol. The van der Waals surface area contributed by atoms with E-state index in [4.69, 9.17) is 47.4 Å². The van der Waals surface area contributed by atoms with Crippen LogP contribution in [0.1, 0.15) is 62.3 Å². The molecule has 0 saturated heterocycles. The summed E-state index contributed by atoms with van der Waals surface area (Å²) in [6.45, 7) is 11.3. The number of hydrogen-bond donors (Lipinski definition) is 4. The molecule has 0 unspecified atom stereocenters. The van der Waals surface area contributed by atoms with Crippen LogP contribution in [0.5, 0.6) is 5.75 Å². The predicted molar refractivity (Wildman–Crippen MR) is 307 cm³/mol. The molecule has 0 aromatic heterocycles. The van der Waals surface area contributed by atoms with Gasteiger partial charge in [0.1, 0.15) is 24.4 Å². The van der Waals surface area contributed by atoms with Gasteiger partial charge in [-0.2, -0.15) is 0 Å². The fraction of sp³-hybridized carbons (Fsp3) is 0.467. The van der Waals surface area contributed by atoms with Crippen LogP contribution in [-0.2, 0) is 79.8 Å². The van der Waals surface area contributed by atoms with Crippen LogP contribution in [0, 0.1) is 27.9 Å². The number of nitrogens with one attached hydrogen (secondary N) is 4. The van der Waals surface area contributed by atoms with Crippen LogP contribution in [0.3, 0.4) is 0 Å². The Balaban J connectivity index is 0.748. The number of non-ortho nitro benzene ring substituents is 1. The Bertz CT molecular complexity index is 2750. The number of amides is 5. The molecule has 0 spiro atoms. The zero-order valence-electron chi connectivity index (χ0n) is 47.8. The van der Waals surface area contributed by atoms with Crippen LogP contribution in [0.2, 0.25) is 0 Å². The first-order chi connectivity index (χ1) is 40.8. The fourth-order valence-electron chi connectivity index (χ4n) is 7.71.